The van der Waals surface area contributed by atoms with E-state index in [1.54, 1.807) is 12.1 Å². The second kappa shape index (κ2) is 6.12. The van der Waals surface area contributed by atoms with Gasteiger partial charge in [-0.3, -0.25) is 4.79 Å². The maximum atomic E-state index is 11.6. The fourth-order valence-corrected chi connectivity index (χ4v) is 2.93. The van der Waals surface area contributed by atoms with Crippen molar-refractivity contribution in [1.29, 1.82) is 0 Å². The van der Waals surface area contributed by atoms with Crippen molar-refractivity contribution in [2.75, 3.05) is 37.7 Å². The van der Waals surface area contributed by atoms with Gasteiger partial charge in [-0.15, -0.1) is 0 Å². The molecule has 0 aromatic heterocycles. The number of piperidine rings is 1. The van der Waals surface area contributed by atoms with Crippen molar-refractivity contribution in [1.82, 2.24) is 4.90 Å². The van der Waals surface area contributed by atoms with Gasteiger partial charge in [0.05, 0.1) is 16.3 Å². The van der Waals surface area contributed by atoms with Gasteiger partial charge >= 0.3 is 0 Å². The first-order valence-corrected chi connectivity index (χ1v) is 7.50. The maximum Gasteiger partial charge on any atom is 0.250 e. The molecule has 116 valence electrons. The molecule has 0 saturated carbocycles. The number of anilines is 2. The zero-order valence-corrected chi connectivity index (χ0v) is 13.3. The van der Waals surface area contributed by atoms with Crippen LogP contribution in [-0.4, -0.2) is 37.5 Å². The van der Waals surface area contributed by atoms with Crippen LogP contribution in [0.1, 0.15) is 30.1 Å². The van der Waals surface area contributed by atoms with E-state index in [4.69, 9.17) is 23.1 Å². The molecule has 1 aromatic carbocycles. The Morgan fingerprint density at radius 3 is 2.62 bits per heavy atom. The number of amides is 1. The van der Waals surface area contributed by atoms with Gasteiger partial charge in [0, 0.05) is 12.2 Å². The van der Waals surface area contributed by atoms with E-state index in [0.29, 0.717) is 22.0 Å². The van der Waals surface area contributed by atoms with Crippen LogP contribution in [0.5, 0.6) is 0 Å². The van der Waals surface area contributed by atoms with Gasteiger partial charge < -0.3 is 21.7 Å². The number of hydrogen-bond acceptors (Lipinski definition) is 4. The van der Waals surface area contributed by atoms with Crippen LogP contribution in [0, 0.1) is 5.41 Å². The number of carbonyl (C=O) groups is 1. The molecule has 0 atom stereocenters. The lowest BCUT2D eigenvalue weighted by Gasteiger charge is -2.38. The summed E-state index contributed by atoms with van der Waals surface area (Å²) in [6.07, 6.45) is 2.21. The molecular formula is C15H23ClN4O. The Kier molecular flexibility index (Phi) is 4.64. The van der Waals surface area contributed by atoms with Crippen molar-refractivity contribution < 1.29 is 4.79 Å². The number of rotatable bonds is 4. The number of nitrogen functional groups attached to an aromatic ring is 1. The van der Waals surface area contributed by atoms with Gasteiger partial charge in [0.2, 0.25) is 0 Å². The lowest BCUT2D eigenvalue weighted by Crippen LogP contribution is -2.40. The van der Waals surface area contributed by atoms with Crippen LogP contribution in [0.15, 0.2) is 12.1 Å². The molecule has 1 aliphatic heterocycles. The summed E-state index contributed by atoms with van der Waals surface area (Å²) in [6, 6.07) is 3.20. The van der Waals surface area contributed by atoms with Gasteiger partial charge in [-0.1, -0.05) is 18.5 Å². The smallest absolute Gasteiger partial charge is 0.250 e. The minimum atomic E-state index is -0.528. The maximum absolute atomic E-state index is 11.6. The van der Waals surface area contributed by atoms with Gasteiger partial charge in [0.1, 0.15) is 0 Å². The third-order valence-corrected chi connectivity index (χ3v) is 4.56. The molecule has 0 bridgehead atoms. The van der Waals surface area contributed by atoms with Gasteiger partial charge in [0.25, 0.3) is 5.91 Å². The van der Waals surface area contributed by atoms with Gasteiger partial charge in [-0.25, -0.2) is 0 Å². The molecule has 21 heavy (non-hydrogen) atoms. The van der Waals surface area contributed by atoms with E-state index in [-0.39, 0.29) is 5.41 Å². The lowest BCUT2D eigenvalue weighted by atomic mass is 9.80. The first-order valence-electron chi connectivity index (χ1n) is 7.12. The normalized spacial score (nSPS) is 18.4. The fraction of sp³-hybridized carbons (Fsp3) is 0.533. The van der Waals surface area contributed by atoms with Crippen molar-refractivity contribution in [2.24, 2.45) is 11.1 Å². The zero-order chi connectivity index (χ0) is 15.6. The van der Waals surface area contributed by atoms with Crippen molar-refractivity contribution in [3.63, 3.8) is 0 Å². The highest BCUT2D eigenvalue weighted by Gasteiger charge is 2.29. The van der Waals surface area contributed by atoms with Crippen molar-refractivity contribution in [3.8, 4) is 0 Å². The highest BCUT2D eigenvalue weighted by molar-refractivity contribution is 6.34. The standard InChI is InChI=1S/C15H23ClN4O/c1-15(3-5-20(2)6-4-15)9-19-13-11(14(18)21)7-10(17)8-12(13)16/h7-8,19H,3-6,9,17H2,1-2H3,(H2,18,21). The Bertz CT molecular complexity index is 539. The highest BCUT2D eigenvalue weighted by atomic mass is 35.5. The summed E-state index contributed by atoms with van der Waals surface area (Å²) in [4.78, 5) is 13.9. The van der Waals surface area contributed by atoms with E-state index in [1.807, 2.05) is 0 Å². The molecule has 6 heteroatoms. The summed E-state index contributed by atoms with van der Waals surface area (Å²) in [5.74, 6) is -0.528. The van der Waals surface area contributed by atoms with E-state index in [0.717, 1.165) is 32.5 Å². The summed E-state index contributed by atoms with van der Waals surface area (Å²) in [5, 5.41) is 3.74. The van der Waals surface area contributed by atoms with Crippen LogP contribution in [0.4, 0.5) is 11.4 Å². The van der Waals surface area contributed by atoms with Crippen molar-refractivity contribution in [2.45, 2.75) is 19.8 Å². The van der Waals surface area contributed by atoms with E-state index in [9.17, 15) is 4.79 Å². The Hall–Kier alpha value is -1.46. The molecule has 1 heterocycles. The zero-order valence-electron chi connectivity index (χ0n) is 12.6. The average Bonchev–Trinajstić information content (AvgIpc) is 2.40. The number of hydrogen-bond donors (Lipinski definition) is 3. The van der Waals surface area contributed by atoms with E-state index < -0.39 is 5.91 Å². The molecule has 1 fully saturated rings. The Morgan fingerprint density at radius 2 is 2.05 bits per heavy atom. The summed E-state index contributed by atoms with van der Waals surface area (Å²) < 4.78 is 0. The predicted octanol–water partition coefficient (Wildman–Crippen LogP) is 2.16. The topological polar surface area (TPSA) is 84.4 Å². The molecule has 2 rings (SSSR count). The minimum Gasteiger partial charge on any atom is -0.399 e. The van der Waals surface area contributed by atoms with Crippen LogP contribution < -0.4 is 16.8 Å². The first-order chi connectivity index (χ1) is 9.81. The molecule has 5 N–H and O–H groups in total. The van der Waals surface area contributed by atoms with Crippen LogP contribution >= 0.6 is 11.6 Å². The molecule has 1 aromatic rings. The van der Waals surface area contributed by atoms with Crippen LogP contribution in [0.2, 0.25) is 5.02 Å². The minimum absolute atomic E-state index is 0.187. The van der Waals surface area contributed by atoms with Gasteiger partial charge in [0.15, 0.2) is 0 Å². The van der Waals surface area contributed by atoms with Crippen LogP contribution in [0.3, 0.4) is 0 Å². The summed E-state index contributed by atoms with van der Waals surface area (Å²) in [5.41, 5.74) is 12.7. The Balaban J connectivity index is 2.15. The first kappa shape index (κ1) is 15.9. The second-order valence-corrected chi connectivity index (χ2v) is 6.66. The molecule has 0 radical (unpaired) electrons. The highest BCUT2D eigenvalue weighted by Crippen LogP contribution is 2.34. The number of nitrogens with zero attached hydrogens (tertiary/aromatic N) is 1. The van der Waals surface area contributed by atoms with E-state index in [1.165, 1.54) is 0 Å². The van der Waals surface area contributed by atoms with E-state index in [2.05, 4.69) is 24.2 Å². The SMILES string of the molecule is CN1CCC(C)(CNc2c(Cl)cc(N)cc2C(N)=O)CC1. The number of primary amides is 1. The summed E-state index contributed by atoms with van der Waals surface area (Å²) in [7, 11) is 2.13. The molecular weight excluding hydrogens is 288 g/mol. The van der Waals surface area contributed by atoms with Crippen molar-refractivity contribution >= 4 is 28.9 Å². The third-order valence-electron chi connectivity index (χ3n) is 4.26. The molecule has 5 nitrogen and oxygen atoms in total. The second-order valence-electron chi connectivity index (χ2n) is 6.26. The average molecular weight is 311 g/mol. The lowest BCUT2D eigenvalue weighted by molar-refractivity contribution is 0.100. The van der Waals surface area contributed by atoms with Gasteiger partial charge in [-0.2, -0.15) is 0 Å². The number of halogens is 1. The van der Waals surface area contributed by atoms with Crippen LogP contribution in [0.25, 0.3) is 0 Å². The molecule has 0 unspecified atom stereocenters. The van der Waals surface area contributed by atoms with Crippen LogP contribution in [-0.2, 0) is 0 Å². The molecule has 0 spiro atoms. The Morgan fingerprint density at radius 1 is 1.43 bits per heavy atom. The van der Waals surface area contributed by atoms with Gasteiger partial charge in [-0.05, 0) is 50.5 Å². The Labute approximate surface area is 130 Å². The number of carbonyl (C=O) groups excluding carboxylic acids is 1. The number of nitrogens with one attached hydrogen (secondary N) is 1. The molecule has 1 aliphatic rings. The number of benzene rings is 1. The fourth-order valence-electron chi connectivity index (χ4n) is 2.64. The van der Waals surface area contributed by atoms with E-state index >= 15 is 0 Å². The summed E-state index contributed by atoms with van der Waals surface area (Å²) in [6.45, 7) is 5.17. The quantitative estimate of drug-likeness (QED) is 0.744. The molecule has 0 aliphatic carbocycles. The number of nitrogens with two attached hydrogens (primary N) is 2. The van der Waals surface area contributed by atoms with Crippen molar-refractivity contribution in [3.05, 3.63) is 22.7 Å². The predicted molar refractivity (Wildman–Crippen MR) is 87.7 cm³/mol. The molecule has 1 saturated heterocycles. The largest absolute Gasteiger partial charge is 0.399 e. The number of likely N-dealkylation sites (tertiary alicyclic amines) is 1. The molecule has 1 amide bonds. The summed E-state index contributed by atoms with van der Waals surface area (Å²) >= 11 is 6.21. The monoisotopic (exact) mass is 310 g/mol. The third kappa shape index (κ3) is 3.80.